The molecule has 0 spiro atoms. The molecule has 2 heteroatoms. The molecule has 4 aliphatic carbocycles. The van der Waals surface area contributed by atoms with Crippen molar-refractivity contribution in [1.29, 1.82) is 0 Å². The minimum Gasteiger partial charge on any atom is -0.389 e. The molecule has 1 N–H and O–H groups in total. The van der Waals surface area contributed by atoms with Gasteiger partial charge in [0.05, 0.1) is 6.10 Å². The minimum absolute atomic E-state index is 0.0322. The first-order valence-corrected chi connectivity index (χ1v) is 10.7. The highest BCUT2D eigenvalue weighted by Crippen LogP contribution is 2.67. The molecule has 8 unspecified atom stereocenters. The van der Waals surface area contributed by atoms with Gasteiger partial charge in [0, 0.05) is 12.3 Å². The van der Waals surface area contributed by atoms with Gasteiger partial charge < -0.3 is 5.11 Å². The van der Waals surface area contributed by atoms with Crippen molar-refractivity contribution in [3.8, 4) is 11.8 Å². The third kappa shape index (κ3) is 2.46. The zero-order chi connectivity index (χ0) is 18.7. The van der Waals surface area contributed by atoms with Crippen LogP contribution in [0.15, 0.2) is 11.6 Å². The molecule has 0 heterocycles. The summed E-state index contributed by atoms with van der Waals surface area (Å²) in [5.74, 6) is 9.89. The summed E-state index contributed by atoms with van der Waals surface area (Å²) in [6.07, 6.45) is 8.94. The van der Waals surface area contributed by atoms with Crippen molar-refractivity contribution >= 4 is 5.78 Å². The first kappa shape index (κ1) is 18.3. The van der Waals surface area contributed by atoms with Gasteiger partial charge >= 0.3 is 0 Å². The topological polar surface area (TPSA) is 37.3 Å². The van der Waals surface area contributed by atoms with Gasteiger partial charge in [0.25, 0.3) is 0 Å². The monoisotopic (exact) mass is 354 g/mol. The van der Waals surface area contributed by atoms with Gasteiger partial charge in [-0.25, -0.2) is 0 Å². The van der Waals surface area contributed by atoms with Crippen LogP contribution in [-0.4, -0.2) is 17.0 Å². The van der Waals surface area contributed by atoms with Crippen molar-refractivity contribution in [2.45, 2.75) is 78.7 Å². The standard InChI is InChI=1S/C24H34O2/c1-5-6-15(2)18-7-8-19-17-14-22(26)21-13-16(25)9-11-24(21,4)20(17)10-12-23(18,19)3/h13,15,17-20,22,26H,7-12,14H2,1-4H3. The summed E-state index contributed by atoms with van der Waals surface area (Å²) in [6.45, 7) is 9.12. The van der Waals surface area contributed by atoms with E-state index in [0.29, 0.717) is 41.4 Å². The average Bonchev–Trinajstić information content (AvgIpc) is 2.94. The van der Waals surface area contributed by atoms with Crippen molar-refractivity contribution < 1.29 is 9.90 Å². The third-order valence-corrected chi connectivity index (χ3v) is 9.03. The van der Waals surface area contributed by atoms with Crippen LogP contribution in [0, 0.1) is 52.3 Å². The van der Waals surface area contributed by atoms with Crippen LogP contribution < -0.4 is 0 Å². The molecule has 0 bridgehead atoms. The van der Waals surface area contributed by atoms with Crippen LogP contribution in [0.2, 0.25) is 0 Å². The number of rotatable bonds is 1. The second-order valence-corrected chi connectivity index (χ2v) is 10.0. The molecule has 142 valence electrons. The van der Waals surface area contributed by atoms with Crippen molar-refractivity contribution in [1.82, 2.24) is 0 Å². The maximum atomic E-state index is 12.0. The zero-order valence-corrected chi connectivity index (χ0v) is 16.8. The Labute approximate surface area is 158 Å². The molecule has 0 radical (unpaired) electrons. The highest BCUT2D eigenvalue weighted by atomic mass is 16.3. The fraction of sp³-hybridized carbons (Fsp3) is 0.792. The molecule has 4 aliphatic rings. The van der Waals surface area contributed by atoms with Crippen LogP contribution in [0.5, 0.6) is 0 Å². The highest BCUT2D eigenvalue weighted by Gasteiger charge is 2.60. The van der Waals surface area contributed by atoms with Crippen molar-refractivity contribution in [2.75, 3.05) is 0 Å². The highest BCUT2D eigenvalue weighted by molar-refractivity contribution is 5.91. The molecule has 3 fully saturated rings. The lowest BCUT2D eigenvalue weighted by Gasteiger charge is -2.59. The van der Waals surface area contributed by atoms with Gasteiger partial charge in [0.15, 0.2) is 5.78 Å². The Bertz CT molecular complexity index is 695. The van der Waals surface area contributed by atoms with Gasteiger partial charge in [-0.2, -0.15) is 0 Å². The number of aliphatic hydroxyl groups is 1. The molecular formula is C24H34O2. The lowest BCUT2D eigenvalue weighted by Crippen LogP contribution is -2.54. The Balaban J connectivity index is 1.67. The van der Waals surface area contributed by atoms with Crippen molar-refractivity contribution in [3.63, 3.8) is 0 Å². The summed E-state index contributed by atoms with van der Waals surface area (Å²) in [6, 6.07) is 0. The lowest BCUT2D eigenvalue weighted by molar-refractivity contribution is -0.119. The molecule has 0 aromatic heterocycles. The lowest BCUT2D eigenvalue weighted by atomic mass is 9.46. The summed E-state index contributed by atoms with van der Waals surface area (Å²) >= 11 is 0. The maximum Gasteiger partial charge on any atom is 0.155 e. The first-order valence-electron chi connectivity index (χ1n) is 10.7. The van der Waals surface area contributed by atoms with Crippen LogP contribution >= 0.6 is 0 Å². The smallest absolute Gasteiger partial charge is 0.155 e. The number of carbonyl (C=O) groups excluding carboxylic acids is 1. The van der Waals surface area contributed by atoms with E-state index < -0.39 is 6.10 Å². The summed E-state index contributed by atoms with van der Waals surface area (Å²) < 4.78 is 0. The summed E-state index contributed by atoms with van der Waals surface area (Å²) in [5, 5.41) is 10.9. The molecule has 2 nitrogen and oxygen atoms in total. The van der Waals surface area contributed by atoms with E-state index in [9.17, 15) is 9.90 Å². The fourth-order valence-electron chi connectivity index (χ4n) is 7.80. The number of aliphatic hydroxyl groups excluding tert-OH is 1. The van der Waals surface area contributed by atoms with E-state index in [-0.39, 0.29) is 11.2 Å². The molecule has 0 aromatic rings. The normalized spacial score (nSPS) is 48.4. The van der Waals surface area contributed by atoms with Crippen LogP contribution in [0.25, 0.3) is 0 Å². The largest absolute Gasteiger partial charge is 0.389 e. The van der Waals surface area contributed by atoms with E-state index in [1.54, 1.807) is 6.08 Å². The molecule has 8 atom stereocenters. The first-order chi connectivity index (χ1) is 12.3. The van der Waals surface area contributed by atoms with Gasteiger partial charge in [-0.3, -0.25) is 4.79 Å². The van der Waals surface area contributed by atoms with Gasteiger partial charge in [-0.05, 0) is 91.6 Å². The van der Waals surface area contributed by atoms with Crippen LogP contribution in [-0.2, 0) is 4.79 Å². The molecule has 3 saturated carbocycles. The summed E-state index contributed by atoms with van der Waals surface area (Å²) in [5.41, 5.74) is 1.45. The van der Waals surface area contributed by atoms with E-state index in [1.165, 1.54) is 25.7 Å². The maximum absolute atomic E-state index is 12.0. The zero-order valence-electron chi connectivity index (χ0n) is 16.8. The number of hydrogen-bond acceptors (Lipinski definition) is 2. The Kier molecular flexibility index (Phi) is 4.39. The third-order valence-electron chi connectivity index (χ3n) is 9.03. The Morgan fingerprint density at radius 2 is 1.96 bits per heavy atom. The second-order valence-electron chi connectivity index (χ2n) is 10.0. The number of fused-ring (bicyclic) bond motifs is 5. The minimum atomic E-state index is -0.417. The van der Waals surface area contributed by atoms with E-state index in [0.717, 1.165) is 18.4 Å². The van der Waals surface area contributed by atoms with E-state index in [1.807, 2.05) is 6.92 Å². The van der Waals surface area contributed by atoms with Gasteiger partial charge in [-0.15, -0.1) is 11.8 Å². The van der Waals surface area contributed by atoms with Gasteiger partial charge in [0.2, 0.25) is 0 Å². The quantitative estimate of drug-likeness (QED) is 0.689. The van der Waals surface area contributed by atoms with Crippen LogP contribution in [0.1, 0.15) is 72.6 Å². The number of hydrogen-bond donors (Lipinski definition) is 1. The molecule has 26 heavy (non-hydrogen) atoms. The Hall–Kier alpha value is -1.07. The molecular weight excluding hydrogens is 320 g/mol. The molecule has 0 aliphatic heterocycles. The van der Waals surface area contributed by atoms with Gasteiger partial charge in [-0.1, -0.05) is 20.8 Å². The number of ketones is 1. The van der Waals surface area contributed by atoms with E-state index in [4.69, 9.17) is 0 Å². The molecule has 0 aromatic carbocycles. The average molecular weight is 355 g/mol. The van der Waals surface area contributed by atoms with E-state index in [2.05, 4.69) is 32.6 Å². The SMILES string of the molecule is CC#CC(C)C1CCC2C3CC(O)C4=CC(=O)CCC4(C)C3CCC12C. The summed E-state index contributed by atoms with van der Waals surface area (Å²) in [7, 11) is 0. The van der Waals surface area contributed by atoms with Crippen LogP contribution in [0.4, 0.5) is 0 Å². The molecule has 4 rings (SSSR count). The second kappa shape index (κ2) is 6.23. The predicted molar refractivity (Wildman–Crippen MR) is 104 cm³/mol. The number of carbonyl (C=O) groups is 1. The van der Waals surface area contributed by atoms with Crippen molar-refractivity contribution in [3.05, 3.63) is 11.6 Å². The molecule has 0 saturated heterocycles. The van der Waals surface area contributed by atoms with E-state index >= 15 is 0 Å². The van der Waals surface area contributed by atoms with Crippen LogP contribution in [0.3, 0.4) is 0 Å². The predicted octanol–water partition coefficient (Wildman–Crippen LogP) is 4.76. The molecule has 0 amide bonds. The summed E-state index contributed by atoms with van der Waals surface area (Å²) in [4.78, 5) is 12.0. The Morgan fingerprint density at radius 1 is 1.19 bits per heavy atom. The van der Waals surface area contributed by atoms with Gasteiger partial charge in [0.1, 0.15) is 0 Å². The Morgan fingerprint density at radius 3 is 2.69 bits per heavy atom. The fourth-order valence-corrected chi connectivity index (χ4v) is 7.80. The van der Waals surface area contributed by atoms with Crippen molar-refractivity contribution in [2.24, 2.45) is 40.4 Å².